The van der Waals surface area contributed by atoms with E-state index in [1.807, 2.05) is 6.07 Å². The Labute approximate surface area is 156 Å². The van der Waals surface area contributed by atoms with Gasteiger partial charge in [0.25, 0.3) is 0 Å². The molecule has 2 aromatic rings. The quantitative estimate of drug-likeness (QED) is 0.774. The second kappa shape index (κ2) is 7.83. The first-order chi connectivity index (χ1) is 12.6. The highest BCUT2D eigenvalue weighted by Crippen LogP contribution is 2.39. The van der Waals surface area contributed by atoms with Gasteiger partial charge in [-0.1, -0.05) is 6.07 Å². The summed E-state index contributed by atoms with van der Waals surface area (Å²) in [4.78, 5) is 2.33. The molecule has 0 atom stereocenters. The minimum atomic E-state index is 0.576. The molecule has 0 bridgehead atoms. The van der Waals surface area contributed by atoms with Crippen LogP contribution >= 0.6 is 0 Å². The van der Waals surface area contributed by atoms with Gasteiger partial charge in [0, 0.05) is 41.7 Å². The summed E-state index contributed by atoms with van der Waals surface area (Å²) in [5, 5.41) is 0. The summed E-state index contributed by atoms with van der Waals surface area (Å²) < 4.78 is 6.13. The number of nitrogen functional groups attached to an aromatic ring is 1. The number of nitrogens with two attached hydrogens (primary N) is 2. The fourth-order valence-corrected chi connectivity index (χ4v) is 3.61. The molecule has 4 nitrogen and oxygen atoms in total. The van der Waals surface area contributed by atoms with E-state index >= 15 is 0 Å². The number of hydrogen-bond acceptors (Lipinski definition) is 4. The molecular weight excluding hydrogens is 322 g/mol. The largest absolute Gasteiger partial charge is 0.488 e. The summed E-state index contributed by atoms with van der Waals surface area (Å²) in [6, 6.07) is 12.7. The molecule has 1 aliphatic rings. The third-order valence-electron chi connectivity index (χ3n) is 5.23. The molecule has 3 rings (SSSR count). The number of rotatable bonds is 6. The van der Waals surface area contributed by atoms with E-state index in [0.717, 1.165) is 36.5 Å². The van der Waals surface area contributed by atoms with Gasteiger partial charge in [0.1, 0.15) is 12.4 Å². The van der Waals surface area contributed by atoms with Crippen molar-refractivity contribution >= 4 is 22.5 Å². The molecule has 4 heteroatoms. The van der Waals surface area contributed by atoms with Gasteiger partial charge in [0.15, 0.2) is 0 Å². The summed E-state index contributed by atoms with van der Waals surface area (Å²) in [5.74, 6) is 0.966. The maximum Gasteiger partial charge on any atom is 0.129 e. The van der Waals surface area contributed by atoms with Gasteiger partial charge in [0.2, 0.25) is 0 Å². The maximum absolute atomic E-state index is 6.13. The van der Waals surface area contributed by atoms with Gasteiger partial charge in [-0.15, -0.1) is 0 Å². The fraction of sp³-hybridized carbons (Fsp3) is 0.364. The molecule has 0 saturated heterocycles. The average Bonchev–Trinajstić information content (AvgIpc) is 2.65. The summed E-state index contributed by atoms with van der Waals surface area (Å²) in [6.07, 6.45) is 0.788. The number of allylic oxidation sites excluding steroid dienone is 1. The van der Waals surface area contributed by atoms with Gasteiger partial charge in [0.05, 0.1) is 0 Å². The lowest BCUT2D eigenvalue weighted by molar-refractivity contribution is 0.364. The highest BCUT2D eigenvalue weighted by atomic mass is 16.5. The minimum absolute atomic E-state index is 0.576. The van der Waals surface area contributed by atoms with Crippen LogP contribution in [0, 0.1) is 0 Å². The molecule has 4 N–H and O–H groups in total. The highest BCUT2D eigenvalue weighted by molar-refractivity contribution is 5.94. The third kappa shape index (κ3) is 3.42. The lowest BCUT2D eigenvalue weighted by Crippen LogP contribution is -2.22. The smallest absolute Gasteiger partial charge is 0.129 e. The van der Waals surface area contributed by atoms with Crippen LogP contribution in [0.25, 0.3) is 11.1 Å². The Balaban J connectivity index is 1.99. The Hall–Kier alpha value is -2.46. The van der Waals surface area contributed by atoms with E-state index < -0.39 is 0 Å². The van der Waals surface area contributed by atoms with Crippen molar-refractivity contribution in [2.24, 2.45) is 5.73 Å². The number of anilines is 2. The Morgan fingerprint density at radius 1 is 1.08 bits per heavy atom. The van der Waals surface area contributed by atoms with E-state index in [0.29, 0.717) is 13.2 Å². The molecule has 0 saturated carbocycles. The third-order valence-corrected chi connectivity index (χ3v) is 5.23. The van der Waals surface area contributed by atoms with Crippen molar-refractivity contribution in [2.75, 3.05) is 36.9 Å². The lowest BCUT2D eigenvalue weighted by Gasteiger charge is -2.26. The van der Waals surface area contributed by atoms with Crippen molar-refractivity contribution in [1.82, 2.24) is 0 Å². The van der Waals surface area contributed by atoms with E-state index in [1.54, 1.807) is 0 Å². The van der Waals surface area contributed by atoms with Crippen molar-refractivity contribution in [3.63, 3.8) is 0 Å². The first kappa shape index (κ1) is 18.3. The first-order valence-corrected chi connectivity index (χ1v) is 9.39. The van der Waals surface area contributed by atoms with Crippen molar-refractivity contribution < 1.29 is 4.74 Å². The van der Waals surface area contributed by atoms with E-state index in [1.165, 1.54) is 28.0 Å². The molecule has 138 valence electrons. The van der Waals surface area contributed by atoms with Crippen molar-refractivity contribution in [3.05, 3.63) is 53.1 Å². The number of hydrogen-bond donors (Lipinski definition) is 2. The molecule has 1 aliphatic heterocycles. The zero-order chi connectivity index (χ0) is 18.7. The van der Waals surface area contributed by atoms with E-state index in [-0.39, 0.29) is 0 Å². The lowest BCUT2D eigenvalue weighted by atomic mass is 9.92. The second-order valence-electron chi connectivity index (χ2n) is 6.70. The molecular formula is C22H29N3O. The Kier molecular flexibility index (Phi) is 5.52. The molecule has 26 heavy (non-hydrogen) atoms. The molecule has 0 aliphatic carbocycles. The highest BCUT2D eigenvalue weighted by Gasteiger charge is 2.20. The zero-order valence-corrected chi connectivity index (χ0v) is 16.0. The Morgan fingerprint density at radius 2 is 1.85 bits per heavy atom. The summed E-state index contributed by atoms with van der Waals surface area (Å²) >= 11 is 0. The number of ether oxygens (including phenoxy) is 1. The van der Waals surface area contributed by atoms with Crippen LogP contribution in [-0.2, 0) is 6.42 Å². The minimum Gasteiger partial charge on any atom is -0.488 e. The molecule has 0 fully saturated rings. The Morgan fingerprint density at radius 3 is 2.54 bits per heavy atom. The maximum atomic E-state index is 6.13. The van der Waals surface area contributed by atoms with Crippen LogP contribution in [0.3, 0.4) is 0 Å². The number of fused-ring (bicyclic) bond motifs is 1. The normalized spacial score (nSPS) is 13.4. The monoisotopic (exact) mass is 351 g/mol. The molecule has 0 amide bonds. The van der Waals surface area contributed by atoms with Crippen LogP contribution in [0.5, 0.6) is 5.75 Å². The Bertz CT molecular complexity index is 822. The SMILES string of the molecule is CCN(CC)c1ccc2c(c1)OCC(c1ccc(N)c(CCN)c1)=C2C. The summed E-state index contributed by atoms with van der Waals surface area (Å²) in [6.45, 7) is 9.67. The van der Waals surface area contributed by atoms with Crippen molar-refractivity contribution in [2.45, 2.75) is 27.2 Å². The molecule has 0 spiro atoms. The van der Waals surface area contributed by atoms with Gasteiger partial charge >= 0.3 is 0 Å². The predicted molar refractivity (Wildman–Crippen MR) is 112 cm³/mol. The van der Waals surface area contributed by atoms with Gasteiger partial charge in [-0.3, -0.25) is 0 Å². The predicted octanol–water partition coefficient (Wildman–Crippen LogP) is 3.94. The molecule has 1 heterocycles. The summed E-state index contributed by atoms with van der Waals surface area (Å²) in [5.41, 5.74) is 19.7. The number of nitrogens with zero attached hydrogens (tertiary/aromatic N) is 1. The molecule has 0 unspecified atom stereocenters. The van der Waals surface area contributed by atoms with Crippen LogP contribution in [0.4, 0.5) is 11.4 Å². The van der Waals surface area contributed by atoms with E-state index in [4.69, 9.17) is 16.2 Å². The van der Waals surface area contributed by atoms with Crippen molar-refractivity contribution in [1.29, 1.82) is 0 Å². The van der Waals surface area contributed by atoms with Crippen LogP contribution < -0.4 is 21.1 Å². The van der Waals surface area contributed by atoms with Crippen LogP contribution in [0.1, 0.15) is 37.5 Å². The second-order valence-corrected chi connectivity index (χ2v) is 6.70. The first-order valence-electron chi connectivity index (χ1n) is 9.39. The van der Waals surface area contributed by atoms with Gasteiger partial charge in [-0.25, -0.2) is 0 Å². The molecule has 2 aromatic carbocycles. The fourth-order valence-electron chi connectivity index (χ4n) is 3.61. The van der Waals surface area contributed by atoms with Crippen LogP contribution in [0.2, 0.25) is 0 Å². The zero-order valence-electron chi connectivity index (χ0n) is 16.0. The van der Waals surface area contributed by atoms with Crippen molar-refractivity contribution in [3.8, 4) is 5.75 Å². The average molecular weight is 351 g/mol. The molecule has 0 aromatic heterocycles. The topological polar surface area (TPSA) is 64.5 Å². The molecule has 0 radical (unpaired) electrons. The van der Waals surface area contributed by atoms with Crippen LogP contribution in [-0.4, -0.2) is 26.2 Å². The van der Waals surface area contributed by atoms with E-state index in [9.17, 15) is 0 Å². The summed E-state index contributed by atoms with van der Waals surface area (Å²) in [7, 11) is 0. The van der Waals surface area contributed by atoms with Gasteiger partial charge in [-0.05, 0) is 74.7 Å². The van der Waals surface area contributed by atoms with E-state index in [2.05, 4.69) is 56.0 Å². The van der Waals surface area contributed by atoms with Gasteiger partial charge < -0.3 is 21.1 Å². The van der Waals surface area contributed by atoms with Gasteiger partial charge in [-0.2, -0.15) is 0 Å². The van der Waals surface area contributed by atoms with Crippen LogP contribution in [0.15, 0.2) is 36.4 Å². The standard InChI is InChI=1S/C22H29N3O/c1-4-25(5-2)18-7-8-19-15(3)20(14-26-22(19)13-18)16-6-9-21(24)17(12-16)10-11-23/h6-9,12-13H,4-5,10-11,14,23-24H2,1-3H3. The number of benzene rings is 2.